The second kappa shape index (κ2) is 7.16. The number of rotatable bonds is 8. The molecule has 0 atom stereocenters. The van der Waals surface area contributed by atoms with Gasteiger partial charge in [-0.1, -0.05) is 38.3 Å². The van der Waals surface area contributed by atoms with Gasteiger partial charge in [0.05, 0.1) is 11.3 Å². The van der Waals surface area contributed by atoms with Crippen molar-refractivity contribution in [2.24, 2.45) is 0 Å². The first-order valence-corrected chi connectivity index (χ1v) is 7.63. The molecule has 0 spiro atoms. The summed E-state index contributed by atoms with van der Waals surface area (Å²) in [4.78, 5) is 10.7. The van der Waals surface area contributed by atoms with Crippen LogP contribution in [0.2, 0.25) is 0 Å². The highest BCUT2D eigenvalue weighted by molar-refractivity contribution is 7.87. The molecule has 0 saturated heterocycles. The summed E-state index contributed by atoms with van der Waals surface area (Å²) in [7, 11) is -3.61. The molecule has 0 amide bonds. The number of unbranched alkanes of at least 4 members (excludes halogenated alkanes) is 3. The first-order chi connectivity index (χ1) is 8.59. The second-order valence-electron chi connectivity index (χ2n) is 4.06. The standard InChI is InChI=1S/C13H18O4S/c1-2-3-4-7-10-18(15,16)17-13-9-6-5-8-12(13)11-14/h5-6,8-9,11H,2-4,7,10H2,1H3. The summed E-state index contributed by atoms with van der Waals surface area (Å²) in [6.45, 7) is 2.06. The minimum atomic E-state index is -3.61. The first-order valence-electron chi connectivity index (χ1n) is 6.05. The van der Waals surface area contributed by atoms with Gasteiger partial charge < -0.3 is 4.18 Å². The van der Waals surface area contributed by atoms with Crippen LogP contribution < -0.4 is 4.18 Å². The molecule has 0 aliphatic carbocycles. The zero-order chi connectivity index (χ0) is 13.4. The van der Waals surface area contributed by atoms with Crippen molar-refractivity contribution in [2.45, 2.75) is 32.6 Å². The van der Waals surface area contributed by atoms with Gasteiger partial charge in [0.15, 0.2) is 12.0 Å². The second-order valence-corrected chi connectivity index (χ2v) is 5.75. The third-order valence-corrected chi connectivity index (χ3v) is 3.73. The minimum Gasteiger partial charge on any atom is -0.382 e. The van der Waals surface area contributed by atoms with Gasteiger partial charge in [-0.05, 0) is 18.6 Å². The van der Waals surface area contributed by atoms with Gasteiger partial charge in [-0.15, -0.1) is 0 Å². The lowest BCUT2D eigenvalue weighted by Gasteiger charge is -2.08. The van der Waals surface area contributed by atoms with Gasteiger partial charge >= 0.3 is 10.1 Å². The Labute approximate surface area is 108 Å². The molecule has 0 unspecified atom stereocenters. The fourth-order valence-electron chi connectivity index (χ4n) is 1.54. The van der Waals surface area contributed by atoms with E-state index in [0.29, 0.717) is 12.7 Å². The van der Waals surface area contributed by atoms with Crippen LogP contribution in [-0.4, -0.2) is 20.5 Å². The van der Waals surface area contributed by atoms with Gasteiger partial charge in [-0.3, -0.25) is 4.79 Å². The monoisotopic (exact) mass is 270 g/mol. The molecular weight excluding hydrogens is 252 g/mol. The summed E-state index contributed by atoms with van der Waals surface area (Å²) < 4.78 is 28.3. The van der Waals surface area contributed by atoms with E-state index in [1.807, 2.05) is 0 Å². The van der Waals surface area contributed by atoms with E-state index in [1.165, 1.54) is 12.1 Å². The SMILES string of the molecule is CCCCCCS(=O)(=O)Oc1ccccc1C=O. The molecule has 0 fully saturated rings. The molecule has 18 heavy (non-hydrogen) atoms. The number of carbonyl (C=O) groups is 1. The zero-order valence-corrected chi connectivity index (χ0v) is 11.3. The van der Waals surface area contributed by atoms with Crippen LogP contribution in [0.15, 0.2) is 24.3 Å². The third kappa shape index (κ3) is 4.87. The first kappa shape index (κ1) is 14.7. The van der Waals surface area contributed by atoms with Gasteiger partial charge in [0, 0.05) is 0 Å². The molecule has 5 heteroatoms. The Morgan fingerprint density at radius 1 is 1.17 bits per heavy atom. The van der Waals surface area contributed by atoms with Crippen molar-refractivity contribution < 1.29 is 17.4 Å². The third-order valence-electron chi connectivity index (χ3n) is 2.51. The summed E-state index contributed by atoms with van der Waals surface area (Å²) >= 11 is 0. The normalized spacial score (nSPS) is 11.2. The van der Waals surface area contributed by atoms with Crippen LogP contribution in [0.1, 0.15) is 43.0 Å². The number of hydrogen-bond acceptors (Lipinski definition) is 4. The molecule has 0 aliphatic heterocycles. The van der Waals surface area contributed by atoms with Gasteiger partial charge in [-0.25, -0.2) is 0 Å². The van der Waals surface area contributed by atoms with Crippen LogP contribution in [0, 0.1) is 0 Å². The Kier molecular flexibility index (Phi) is 5.85. The smallest absolute Gasteiger partial charge is 0.309 e. The summed E-state index contributed by atoms with van der Waals surface area (Å²) in [5, 5.41) is 0. The Morgan fingerprint density at radius 3 is 2.56 bits per heavy atom. The quantitative estimate of drug-likeness (QED) is 0.414. The molecule has 0 heterocycles. The molecule has 100 valence electrons. The molecule has 0 radical (unpaired) electrons. The van der Waals surface area contributed by atoms with Crippen molar-refractivity contribution in [1.29, 1.82) is 0 Å². The molecule has 0 bridgehead atoms. The van der Waals surface area contributed by atoms with E-state index in [-0.39, 0.29) is 17.1 Å². The lowest BCUT2D eigenvalue weighted by molar-refractivity contribution is 0.112. The zero-order valence-electron chi connectivity index (χ0n) is 10.5. The summed E-state index contributed by atoms with van der Waals surface area (Å²) in [6, 6.07) is 6.29. The maximum absolute atomic E-state index is 11.7. The highest BCUT2D eigenvalue weighted by Gasteiger charge is 2.14. The van der Waals surface area contributed by atoms with E-state index in [9.17, 15) is 13.2 Å². The summed E-state index contributed by atoms with van der Waals surface area (Å²) in [5.41, 5.74) is 0.245. The highest BCUT2D eigenvalue weighted by atomic mass is 32.2. The van der Waals surface area contributed by atoms with Gasteiger partial charge in [0.25, 0.3) is 0 Å². The topological polar surface area (TPSA) is 60.4 Å². The molecular formula is C13H18O4S. The van der Waals surface area contributed by atoms with Crippen molar-refractivity contribution in [3.8, 4) is 5.75 Å². The molecule has 0 saturated carbocycles. The lowest BCUT2D eigenvalue weighted by atomic mass is 10.2. The van der Waals surface area contributed by atoms with Crippen LogP contribution in [0.4, 0.5) is 0 Å². The van der Waals surface area contributed by atoms with E-state index in [0.717, 1.165) is 19.3 Å². The average Bonchev–Trinajstić information content (AvgIpc) is 2.35. The maximum Gasteiger partial charge on any atom is 0.309 e. The van der Waals surface area contributed by atoms with E-state index in [2.05, 4.69) is 6.92 Å². The van der Waals surface area contributed by atoms with Crippen molar-refractivity contribution in [2.75, 3.05) is 5.75 Å². The van der Waals surface area contributed by atoms with Crippen molar-refractivity contribution in [1.82, 2.24) is 0 Å². The predicted molar refractivity (Wildman–Crippen MR) is 70.4 cm³/mol. The van der Waals surface area contributed by atoms with E-state index < -0.39 is 10.1 Å². The Hall–Kier alpha value is -1.36. The van der Waals surface area contributed by atoms with Crippen LogP contribution >= 0.6 is 0 Å². The molecule has 0 aliphatic rings. The number of carbonyl (C=O) groups excluding carboxylic acids is 1. The van der Waals surface area contributed by atoms with Gasteiger partial charge in [-0.2, -0.15) is 8.42 Å². The molecule has 0 N–H and O–H groups in total. The van der Waals surface area contributed by atoms with Crippen LogP contribution in [0.5, 0.6) is 5.75 Å². The number of hydrogen-bond donors (Lipinski definition) is 0. The molecule has 4 nitrogen and oxygen atoms in total. The maximum atomic E-state index is 11.7. The summed E-state index contributed by atoms with van der Waals surface area (Å²) in [6.07, 6.45) is 4.10. The van der Waals surface area contributed by atoms with Crippen LogP contribution in [0.3, 0.4) is 0 Å². The summed E-state index contributed by atoms with van der Waals surface area (Å²) in [5.74, 6) is 0.0863. The van der Waals surface area contributed by atoms with E-state index in [1.54, 1.807) is 12.1 Å². The van der Waals surface area contributed by atoms with E-state index >= 15 is 0 Å². The molecule has 1 aromatic rings. The molecule has 1 rings (SSSR count). The Balaban J connectivity index is 2.62. The predicted octanol–water partition coefficient (Wildman–Crippen LogP) is 2.79. The van der Waals surface area contributed by atoms with Crippen LogP contribution in [0.25, 0.3) is 0 Å². The van der Waals surface area contributed by atoms with Crippen LogP contribution in [-0.2, 0) is 10.1 Å². The van der Waals surface area contributed by atoms with Crippen molar-refractivity contribution >= 4 is 16.4 Å². The largest absolute Gasteiger partial charge is 0.382 e. The fraction of sp³-hybridized carbons (Fsp3) is 0.462. The Morgan fingerprint density at radius 2 is 1.89 bits per heavy atom. The van der Waals surface area contributed by atoms with Gasteiger partial charge in [0.1, 0.15) is 0 Å². The minimum absolute atomic E-state index is 0.0137. The number of para-hydroxylation sites is 1. The number of benzene rings is 1. The lowest BCUT2D eigenvalue weighted by Crippen LogP contribution is -2.14. The van der Waals surface area contributed by atoms with Gasteiger partial charge in [0.2, 0.25) is 0 Å². The highest BCUT2D eigenvalue weighted by Crippen LogP contribution is 2.18. The fourth-order valence-corrected chi connectivity index (χ4v) is 2.60. The Bertz CT molecular complexity index is 480. The van der Waals surface area contributed by atoms with Crippen molar-refractivity contribution in [3.63, 3.8) is 0 Å². The van der Waals surface area contributed by atoms with E-state index in [4.69, 9.17) is 4.18 Å². The molecule has 0 aromatic heterocycles. The average molecular weight is 270 g/mol. The number of aldehydes is 1. The molecule has 1 aromatic carbocycles. The van der Waals surface area contributed by atoms with Crippen molar-refractivity contribution in [3.05, 3.63) is 29.8 Å².